The number of nitrogens with one attached hydrogen (secondary N) is 2. The van der Waals surface area contributed by atoms with Crippen LogP contribution in [0, 0.1) is 0 Å². The van der Waals surface area contributed by atoms with Gasteiger partial charge >= 0.3 is 23.9 Å². The summed E-state index contributed by atoms with van der Waals surface area (Å²) in [5.74, 6) is -2.77. The maximum atomic E-state index is 14.2. The zero-order valence-corrected chi connectivity index (χ0v) is 43.1. The zero-order valence-electron chi connectivity index (χ0n) is 43.1. The third kappa shape index (κ3) is 24.2. The lowest BCUT2D eigenvalue weighted by Crippen LogP contribution is -2.53. The molecule has 0 radical (unpaired) electrons. The van der Waals surface area contributed by atoms with Gasteiger partial charge in [-0.15, -0.1) is 4.73 Å². The van der Waals surface area contributed by atoms with E-state index in [-0.39, 0.29) is 76.9 Å². The van der Waals surface area contributed by atoms with Gasteiger partial charge in [-0.2, -0.15) is 0 Å². The van der Waals surface area contributed by atoms with Gasteiger partial charge in [-0.1, -0.05) is 36.4 Å². The van der Waals surface area contributed by atoms with Crippen molar-refractivity contribution in [3.8, 4) is 0 Å². The van der Waals surface area contributed by atoms with E-state index < -0.39 is 63.8 Å². The lowest BCUT2D eigenvalue weighted by Gasteiger charge is -2.37. The Morgan fingerprint density at radius 1 is 0.551 bits per heavy atom. The summed E-state index contributed by atoms with van der Waals surface area (Å²) in [6, 6.07) is 12.5. The van der Waals surface area contributed by atoms with Crippen molar-refractivity contribution in [2.45, 2.75) is 131 Å². The Morgan fingerprint density at radius 3 is 1.43 bits per heavy atom. The first-order valence-electron chi connectivity index (χ1n) is 23.8. The molecule has 2 amide bonds. The number of ether oxygens (including phenoxy) is 4. The molecule has 1 unspecified atom stereocenters. The number of aromatic nitrogens is 1. The predicted molar refractivity (Wildman–Crippen MR) is 260 cm³/mol. The van der Waals surface area contributed by atoms with Crippen molar-refractivity contribution in [3.05, 3.63) is 70.1 Å². The number of carbonyl (C=O) groups is 6. The van der Waals surface area contributed by atoms with Crippen LogP contribution in [0.1, 0.15) is 112 Å². The van der Waals surface area contributed by atoms with E-state index in [0.29, 0.717) is 39.3 Å². The lowest BCUT2D eigenvalue weighted by atomic mass is 10.1. The van der Waals surface area contributed by atoms with Crippen molar-refractivity contribution in [2.75, 3.05) is 85.1 Å². The Balaban J connectivity index is 1.83. The highest BCUT2D eigenvalue weighted by molar-refractivity contribution is 5.92. The molecule has 2 N–H and O–H groups in total. The molecule has 2 aromatic rings. The van der Waals surface area contributed by atoms with Crippen LogP contribution in [0.25, 0.3) is 0 Å². The fourth-order valence-corrected chi connectivity index (χ4v) is 7.14. The van der Waals surface area contributed by atoms with Crippen molar-refractivity contribution in [2.24, 2.45) is 0 Å². The monoisotopic (exact) mass is 970 g/mol. The maximum absolute atomic E-state index is 14.2. The molecular formula is C50H79N7O12. The fraction of sp³-hybridized carbons (Fsp3) is 0.660. The average molecular weight is 970 g/mol. The van der Waals surface area contributed by atoms with E-state index in [2.05, 4.69) is 10.6 Å². The van der Waals surface area contributed by atoms with Crippen LogP contribution >= 0.6 is 0 Å². The first kappa shape index (κ1) is 57.9. The van der Waals surface area contributed by atoms with Crippen LogP contribution in [0.4, 0.5) is 0 Å². The molecule has 0 spiro atoms. The van der Waals surface area contributed by atoms with Crippen LogP contribution in [-0.2, 0) is 49.5 Å². The van der Waals surface area contributed by atoms with Gasteiger partial charge in [0.05, 0.1) is 19.6 Å². The Labute approximate surface area is 408 Å². The van der Waals surface area contributed by atoms with E-state index in [9.17, 15) is 33.6 Å². The summed E-state index contributed by atoms with van der Waals surface area (Å²) in [5.41, 5.74) is -2.73. The largest absolute Gasteiger partial charge is 0.459 e. The molecule has 0 saturated carbocycles. The SMILES string of the molecule is CC(C)(C)OC(=O)CN1CCN(CC(=O)OC(C)(C)C)CCN(C(CCC(=O)NCCNC(=O)c2cccc(=O)n2OCc2ccccc2)C(=O)OC(C)(C)C)CCN(CC(=O)OC(C)(C)C)CC1. The zero-order chi connectivity index (χ0) is 51.6. The minimum atomic E-state index is -0.918. The molecule has 386 valence electrons. The van der Waals surface area contributed by atoms with E-state index >= 15 is 0 Å². The molecule has 19 heteroatoms. The van der Waals surface area contributed by atoms with Gasteiger partial charge in [0.1, 0.15) is 40.7 Å². The molecule has 1 aliphatic rings. The summed E-state index contributed by atoms with van der Waals surface area (Å²) in [6.07, 6.45) is -0.0211. The van der Waals surface area contributed by atoms with Gasteiger partial charge in [0.2, 0.25) is 5.91 Å². The molecule has 0 bridgehead atoms. The van der Waals surface area contributed by atoms with Crippen LogP contribution in [0.3, 0.4) is 0 Å². The molecule has 19 nitrogen and oxygen atoms in total. The quantitative estimate of drug-likeness (QED) is 0.125. The predicted octanol–water partition coefficient (Wildman–Crippen LogP) is 3.06. The van der Waals surface area contributed by atoms with E-state index in [0.717, 1.165) is 10.3 Å². The standard InChI is InChI=1S/C50H79N7O12/c1-47(2,3)66-42(60)33-53-25-27-54(34-43(61)67-48(4,5)6)29-31-56(32-30-55(28-26-53)35-44(62)68-49(7,8)9)39(46(64)69-50(10,11)12)21-22-40(58)51-23-24-52-45(63)38-19-16-20-41(59)57(38)65-36-37-17-14-13-15-18-37/h13-20,39H,21-36H2,1-12H3,(H,51,58)(H,52,63). The smallest absolute Gasteiger partial charge is 0.323 e. The summed E-state index contributed by atoms with van der Waals surface area (Å²) < 4.78 is 23.9. The van der Waals surface area contributed by atoms with Gasteiger partial charge in [0.25, 0.3) is 11.5 Å². The second-order valence-corrected chi connectivity index (χ2v) is 21.1. The van der Waals surface area contributed by atoms with Crippen LogP contribution < -0.4 is 21.0 Å². The number of rotatable bonds is 18. The normalized spacial score (nSPS) is 15.9. The fourth-order valence-electron chi connectivity index (χ4n) is 7.14. The van der Waals surface area contributed by atoms with E-state index in [4.69, 9.17) is 23.8 Å². The van der Waals surface area contributed by atoms with Gasteiger partial charge in [0.15, 0.2) is 0 Å². The average Bonchev–Trinajstić information content (AvgIpc) is 3.20. The first-order valence-corrected chi connectivity index (χ1v) is 23.8. The molecule has 1 aromatic heterocycles. The molecular weight excluding hydrogens is 891 g/mol. The number of esters is 4. The van der Waals surface area contributed by atoms with E-state index in [1.54, 1.807) is 83.1 Å². The van der Waals surface area contributed by atoms with Crippen LogP contribution in [0.2, 0.25) is 0 Å². The molecule has 2 heterocycles. The number of hydrogen-bond donors (Lipinski definition) is 2. The van der Waals surface area contributed by atoms with Gasteiger partial charge in [-0.25, -0.2) is 0 Å². The maximum Gasteiger partial charge on any atom is 0.323 e. The highest BCUT2D eigenvalue weighted by Crippen LogP contribution is 2.18. The van der Waals surface area contributed by atoms with Crippen LogP contribution in [-0.4, -0.2) is 174 Å². The Morgan fingerprint density at radius 2 is 0.986 bits per heavy atom. The molecule has 1 saturated heterocycles. The number of amides is 2. The molecule has 1 aliphatic heterocycles. The number of carbonyl (C=O) groups excluding carboxylic acids is 6. The summed E-state index contributed by atoms with van der Waals surface area (Å²) in [4.78, 5) is 106. The van der Waals surface area contributed by atoms with Crippen LogP contribution in [0.15, 0.2) is 53.3 Å². The van der Waals surface area contributed by atoms with Gasteiger partial charge in [0, 0.05) is 77.9 Å². The number of pyridine rings is 1. The number of benzene rings is 1. The summed E-state index contributed by atoms with van der Waals surface area (Å²) in [7, 11) is 0. The third-order valence-corrected chi connectivity index (χ3v) is 10.0. The van der Waals surface area contributed by atoms with Crippen molar-refractivity contribution in [1.29, 1.82) is 0 Å². The number of hydrogen-bond acceptors (Lipinski definition) is 16. The van der Waals surface area contributed by atoms with Crippen molar-refractivity contribution >= 4 is 35.7 Å². The Bertz CT molecular complexity index is 2010. The highest BCUT2D eigenvalue weighted by Gasteiger charge is 2.33. The van der Waals surface area contributed by atoms with Gasteiger partial charge < -0.3 is 34.4 Å². The molecule has 1 fully saturated rings. The van der Waals surface area contributed by atoms with Gasteiger partial charge in [-0.05, 0) is 101 Å². The molecule has 0 aliphatic carbocycles. The highest BCUT2D eigenvalue weighted by atomic mass is 16.7. The summed E-state index contributed by atoms with van der Waals surface area (Å²) in [6.45, 7) is 24.0. The molecule has 1 aromatic carbocycles. The summed E-state index contributed by atoms with van der Waals surface area (Å²) in [5, 5.41) is 5.52. The second kappa shape index (κ2) is 26.6. The molecule has 69 heavy (non-hydrogen) atoms. The Hall–Kier alpha value is -5.37. The van der Waals surface area contributed by atoms with Gasteiger partial charge in [-0.3, -0.25) is 53.2 Å². The minimum Gasteiger partial charge on any atom is -0.459 e. The van der Waals surface area contributed by atoms with Crippen molar-refractivity contribution < 1.29 is 52.6 Å². The minimum absolute atomic E-state index is 0.0107. The topological polar surface area (TPSA) is 208 Å². The lowest BCUT2D eigenvalue weighted by molar-refractivity contribution is -0.163. The Kier molecular flexibility index (Phi) is 22.3. The number of nitrogens with zero attached hydrogens (tertiary/aromatic N) is 5. The second-order valence-electron chi connectivity index (χ2n) is 21.1. The molecule has 1 atom stereocenters. The van der Waals surface area contributed by atoms with Crippen LogP contribution in [0.5, 0.6) is 0 Å². The molecule has 3 rings (SSSR count). The summed E-state index contributed by atoms with van der Waals surface area (Å²) >= 11 is 0. The first-order chi connectivity index (χ1) is 32.1. The van der Waals surface area contributed by atoms with E-state index in [1.807, 2.05) is 49.9 Å². The van der Waals surface area contributed by atoms with Crippen molar-refractivity contribution in [3.63, 3.8) is 0 Å². The third-order valence-electron chi connectivity index (χ3n) is 10.0. The van der Waals surface area contributed by atoms with E-state index in [1.165, 1.54) is 18.2 Å². The van der Waals surface area contributed by atoms with Crippen molar-refractivity contribution in [1.82, 2.24) is 35.0 Å².